The van der Waals surface area contributed by atoms with Crippen LogP contribution in [0.4, 0.5) is 5.13 Å². The molecule has 0 fully saturated rings. The summed E-state index contributed by atoms with van der Waals surface area (Å²) in [6.07, 6.45) is 0.877. The van der Waals surface area contributed by atoms with Crippen LogP contribution in [0.25, 0.3) is 11.0 Å². The van der Waals surface area contributed by atoms with Gasteiger partial charge in [-0.15, -0.1) is 0 Å². The number of esters is 1. The average Bonchev–Trinajstić information content (AvgIpc) is 3.46. The van der Waals surface area contributed by atoms with E-state index in [-0.39, 0.29) is 26.8 Å². The summed E-state index contributed by atoms with van der Waals surface area (Å²) in [6.45, 7) is 10.3. The number of amides is 1. The van der Waals surface area contributed by atoms with Crippen LogP contribution in [0.15, 0.2) is 39.5 Å². The highest BCUT2D eigenvalue weighted by molar-refractivity contribution is 7.17. The van der Waals surface area contributed by atoms with Crippen molar-refractivity contribution >= 4 is 39.3 Å². The van der Waals surface area contributed by atoms with Gasteiger partial charge in [-0.25, -0.2) is 9.78 Å². The van der Waals surface area contributed by atoms with Crippen molar-refractivity contribution in [3.05, 3.63) is 79.1 Å². The Morgan fingerprint density at radius 3 is 2.49 bits per heavy atom. The normalized spacial score (nSPS) is 14.6. The number of nitrogens with zero attached hydrogens (tertiary/aromatic N) is 2. The van der Waals surface area contributed by atoms with Gasteiger partial charge in [-0.1, -0.05) is 31.3 Å². The number of rotatable bonds is 8. The van der Waals surface area contributed by atoms with Gasteiger partial charge in [0.25, 0.3) is 5.91 Å². The van der Waals surface area contributed by atoms with Crippen molar-refractivity contribution < 1.29 is 28.2 Å². The Balaban J connectivity index is 1.71. The van der Waals surface area contributed by atoms with Gasteiger partial charge >= 0.3 is 5.97 Å². The number of hydrogen-bond donors (Lipinski definition) is 0. The van der Waals surface area contributed by atoms with Gasteiger partial charge in [0.05, 0.1) is 43.5 Å². The van der Waals surface area contributed by atoms with Crippen molar-refractivity contribution in [3.63, 3.8) is 0 Å². The molecule has 3 heterocycles. The van der Waals surface area contributed by atoms with E-state index in [1.165, 1.54) is 12.0 Å². The van der Waals surface area contributed by atoms with Crippen LogP contribution in [0.5, 0.6) is 11.5 Å². The lowest BCUT2D eigenvalue weighted by Gasteiger charge is -2.23. The van der Waals surface area contributed by atoms with E-state index in [4.69, 9.17) is 18.6 Å². The standard InChI is InChI=1S/C31H32N2O7S/c1-15(2)10-11-39-21-9-8-19(14-23(21)37-6)25-24-26(34)20-12-16(3)17(4)13-22(20)40-27(24)29(35)33(25)31-32-18(5)28(41-31)30(36)38-7/h8-9,12-15,25H,10-11H2,1-7H3. The first-order valence-corrected chi connectivity index (χ1v) is 14.1. The van der Waals surface area contributed by atoms with Crippen molar-refractivity contribution in [3.8, 4) is 11.5 Å². The fourth-order valence-electron chi connectivity index (χ4n) is 4.89. The van der Waals surface area contributed by atoms with Crippen LogP contribution in [0.1, 0.15) is 74.5 Å². The van der Waals surface area contributed by atoms with Crippen LogP contribution in [0.2, 0.25) is 0 Å². The Morgan fingerprint density at radius 2 is 1.80 bits per heavy atom. The third-order valence-electron chi connectivity index (χ3n) is 7.30. The number of carbonyl (C=O) groups is 2. The van der Waals surface area contributed by atoms with E-state index in [1.54, 1.807) is 44.4 Å². The topological polar surface area (TPSA) is 108 Å². The summed E-state index contributed by atoms with van der Waals surface area (Å²) in [5, 5.41) is 0.633. The molecule has 0 saturated heterocycles. The molecule has 0 spiro atoms. The molecule has 0 radical (unpaired) electrons. The minimum absolute atomic E-state index is 0.0561. The molecule has 41 heavy (non-hydrogen) atoms. The Labute approximate surface area is 241 Å². The summed E-state index contributed by atoms with van der Waals surface area (Å²) < 4.78 is 22.7. The molecule has 1 aliphatic heterocycles. The van der Waals surface area contributed by atoms with Gasteiger partial charge in [0, 0.05) is 0 Å². The van der Waals surface area contributed by atoms with E-state index >= 15 is 0 Å². The first-order valence-electron chi connectivity index (χ1n) is 13.3. The first-order chi connectivity index (χ1) is 19.5. The van der Waals surface area contributed by atoms with Crippen LogP contribution >= 0.6 is 11.3 Å². The van der Waals surface area contributed by atoms with E-state index < -0.39 is 17.9 Å². The molecule has 0 bridgehead atoms. The highest BCUT2D eigenvalue weighted by Crippen LogP contribution is 2.45. The van der Waals surface area contributed by atoms with Crippen LogP contribution in [0, 0.1) is 26.7 Å². The van der Waals surface area contributed by atoms with Crippen LogP contribution in [-0.4, -0.2) is 37.7 Å². The molecule has 214 valence electrons. The second-order valence-electron chi connectivity index (χ2n) is 10.5. The number of methoxy groups -OCH3 is 2. The third-order valence-corrected chi connectivity index (χ3v) is 8.44. The van der Waals surface area contributed by atoms with Gasteiger partial charge in [0.15, 0.2) is 22.1 Å². The zero-order chi connectivity index (χ0) is 29.6. The zero-order valence-corrected chi connectivity index (χ0v) is 24.9. The van der Waals surface area contributed by atoms with Gasteiger partial charge < -0.3 is 18.6 Å². The summed E-state index contributed by atoms with van der Waals surface area (Å²) in [4.78, 5) is 46.7. The fourth-order valence-corrected chi connectivity index (χ4v) is 5.90. The Bertz CT molecular complexity index is 1740. The Kier molecular flexibility index (Phi) is 7.61. The molecule has 0 aliphatic carbocycles. The highest BCUT2D eigenvalue weighted by atomic mass is 32.1. The second kappa shape index (κ2) is 11.0. The number of anilines is 1. The number of carbonyl (C=O) groups excluding carboxylic acids is 2. The van der Waals surface area contributed by atoms with Crippen LogP contribution in [0.3, 0.4) is 0 Å². The van der Waals surface area contributed by atoms with E-state index in [9.17, 15) is 14.4 Å². The Hall–Kier alpha value is -4.18. The largest absolute Gasteiger partial charge is 0.493 e. The maximum absolute atomic E-state index is 14.1. The zero-order valence-electron chi connectivity index (χ0n) is 24.1. The molecular formula is C31H32N2O7S. The monoisotopic (exact) mass is 576 g/mol. The van der Waals surface area contributed by atoms with Gasteiger partial charge in [0.2, 0.25) is 5.76 Å². The molecular weight excluding hydrogens is 544 g/mol. The fraction of sp³-hybridized carbons (Fsp3) is 0.355. The van der Waals surface area contributed by atoms with Crippen molar-refractivity contribution in [1.29, 1.82) is 0 Å². The third kappa shape index (κ3) is 4.97. The summed E-state index contributed by atoms with van der Waals surface area (Å²) in [6, 6.07) is 8.02. The van der Waals surface area contributed by atoms with Gasteiger partial charge in [-0.05, 0) is 74.1 Å². The molecule has 1 amide bonds. The predicted octanol–water partition coefficient (Wildman–Crippen LogP) is 6.14. The molecule has 2 aromatic carbocycles. The number of hydrogen-bond acceptors (Lipinski definition) is 9. The van der Waals surface area contributed by atoms with Crippen molar-refractivity contribution in [2.75, 3.05) is 25.7 Å². The van der Waals surface area contributed by atoms with Crippen molar-refractivity contribution in [2.45, 2.75) is 47.1 Å². The van der Waals surface area contributed by atoms with Gasteiger partial charge in [-0.2, -0.15) is 0 Å². The molecule has 0 N–H and O–H groups in total. The number of benzene rings is 2. The molecule has 0 saturated carbocycles. The molecule has 10 heteroatoms. The highest BCUT2D eigenvalue weighted by Gasteiger charge is 2.45. The molecule has 5 rings (SSSR count). The SMILES string of the molecule is COC(=O)c1sc(N2C(=O)c3oc4cc(C)c(C)cc4c(=O)c3C2c2ccc(OCCC(C)C)c(OC)c2)nc1C. The first kappa shape index (κ1) is 28.4. The minimum atomic E-state index is -0.880. The molecule has 1 aliphatic rings. The second-order valence-corrected chi connectivity index (χ2v) is 11.5. The number of thiazole rings is 1. The Morgan fingerprint density at radius 1 is 1.07 bits per heavy atom. The van der Waals surface area contributed by atoms with Gasteiger partial charge in [-0.3, -0.25) is 14.5 Å². The predicted molar refractivity (Wildman–Crippen MR) is 157 cm³/mol. The lowest BCUT2D eigenvalue weighted by molar-refractivity contribution is 0.0605. The number of aromatic nitrogens is 1. The summed E-state index contributed by atoms with van der Waals surface area (Å²) in [5.74, 6) is 0.371. The lowest BCUT2D eigenvalue weighted by atomic mass is 9.97. The number of aryl methyl sites for hydroxylation is 3. The summed E-state index contributed by atoms with van der Waals surface area (Å²) in [5.41, 5.74) is 3.13. The quantitative estimate of drug-likeness (QED) is 0.230. The summed E-state index contributed by atoms with van der Waals surface area (Å²) >= 11 is 1.02. The number of fused-ring (bicyclic) bond motifs is 2. The van der Waals surface area contributed by atoms with E-state index in [2.05, 4.69) is 18.8 Å². The van der Waals surface area contributed by atoms with Crippen molar-refractivity contribution in [2.24, 2.45) is 5.92 Å². The van der Waals surface area contributed by atoms with E-state index in [0.29, 0.717) is 46.3 Å². The summed E-state index contributed by atoms with van der Waals surface area (Å²) in [7, 11) is 2.83. The molecule has 1 unspecified atom stereocenters. The van der Waals surface area contributed by atoms with Crippen molar-refractivity contribution in [1.82, 2.24) is 4.98 Å². The molecule has 9 nitrogen and oxygen atoms in total. The van der Waals surface area contributed by atoms with Crippen LogP contribution < -0.4 is 19.8 Å². The maximum Gasteiger partial charge on any atom is 0.350 e. The van der Waals surface area contributed by atoms with Crippen LogP contribution in [-0.2, 0) is 4.74 Å². The lowest BCUT2D eigenvalue weighted by Crippen LogP contribution is -2.29. The molecule has 2 aromatic heterocycles. The average molecular weight is 577 g/mol. The maximum atomic E-state index is 14.1. The molecule has 1 atom stereocenters. The smallest absolute Gasteiger partial charge is 0.350 e. The molecule has 4 aromatic rings. The van der Waals surface area contributed by atoms with Gasteiger partial charge in [0.1, 0.15) is 10.5 Å². The van der Waals surface area contributed by atoms with E-state index in [0.717, 1.165) is 28.9 Å². The van der Waals surface area contributed by atoms with E-state index in [1.807, 2.05) is 13.8 Å². The number of ether oxygens (including phenoxy) is 3. The minimum Gasteiger partial charge on any atom is -0.493 e.